The Balaban J connectivity index is 2.58. The van der Waals surface area contributed by atoms with E-state index in [4.69, 9.17) is 5.73 Å². The number of benzene rings is 1. The van der Waals surface area contributed by atoms with Gasteiger partial charge in [-0.3, -0.25) is 4.79 Å². The summed E-state index contributed by atoms with van der Waals surface area (Å²) >= 11 is 0. The summed E-state index contributed by atoms with van der Waals surface area (Å²) in [5.74, 6) is 0.287. The summed E-state index contributed by atoms with van der Waals surface area (Å²) in [4.78, 5) is 18.6. The van der Waals surface area contributed by atoms with Crippen molar-refractivity contribution in [2.75, 3.05) is 5.73 Å². The van der Waals surface area contributed by atoms with Crippen LogP contribution >= 0.6 is 0 Å². The average Bonchev–Trinajstić information content (AvgIpc) is 2.32. The molecule has 0 aliphatic heterocycles. The third kappa shape index (κ3) is 2.11. The Bertz CT molecular complexity index is 649. The Labute approximate surface area is 104 Å². The predicted molar refractivity (Wildman–Crippen MR) is 68.8 cm³/mol. The van der Waals surface area contributed by atoms with E-state index in [0.29, 0.717) is 28.9 Å². The zero-order valence-corrected chi connectivity index (χ0v) is 10.2. The molecule has 0 fully saturated rings. The van der Waals surface area contributed by atoms with E-state index in [2.05, 4.69) is 9.97 Å². The molecule has 0 saturated heterocycles. The lowest BCUT2D eigenvalue weighted by molar-refractivity contribution is 0.618. The van der Waals surface area contributed by atoms with Crippen LogP contribution in [0.15, 0.2) is 23.0 Å². The molecule has 1 aromatic carbocycles. The van der Waals surface area contributed by atoms with Crippen LogP contribution in [0.5, 0.6) is 0 Å². The van der Waals surface area contributed by atoms with Gasteiger partial charge in [0.05, 0.1) is 5.56 Å². The summed E-state index contributed by atoms with van der Waals surface area (Å²) in [5.41, 5.74) is 7.09. The van der Waals surface area contributed by atoms with Crippen molar-refractivity contribution in [3.8, 4) is 11.4 Å². The van der Waals surface area contributed by atoms with Gasteiger partial charge in [0.25, 0.3) is 5.56 Å². The van der Waals surface area contributed by atoms with Crippen molar-refractivity contribution in [1.82, 2.24) is 9.97 Å². The molecule has 4 nitrogen and oxygen atoms in total. The zero-order valence-electron chi connectivity index (χ0n) is 10.2. The normalized spacial score (nSPS) is 10.6. The number of nitrogens with two attached hydrogens (primary N) is 1. The van der Waals surface area contributed by atoms with Crippen molar-refractivity contribution in [2.24, 2.45) is 0 Å². The van der Waals surface area contributed by atoms with Gasteiger partial charge in [-0.25, -0.2) is 9.37 Å². The molecule has 0 radical (unpaired) electrons. The van der Waals surface area contributed by atoms with Crippen LogP contribution < -0.4 is 11.3 Å². The predicted octanol–water partition coefficient (Wildman–Crippen LogP) is 2.03. The van der Waals surface area contributed by atoms with Crippen molar-refractivity contribution in [1.29, 1.82) is 0 Å². The summed E-state index contributed by atoms with van der Waals surface area (Å²) < 4.78 is 13.2. The van der Waals surface area contributed by atoms with Gasteiger partial charge in [0.2, 0.25) is 0 Å². The van der Waals surface area contributed by atoms with E-state index < -0.39 is 0 Å². The van der Waals surface area contributed by atoms with Crippen LogP contribution in [0.3, 0.4) is 0 Å². The summed E-state index contributed by atoms with van der Waals surface area (Å²) in [6.07, 6.45) is 0.525. The Morgan fingerprint density at radius 3 is 2.72 bits per heavy atom. The number of hydrogen-bond acceptors (Lipinski definition) is 3. The monoisotopic (exact) mass is 247 g/mol. The first-order valence-corrected chi connectivity index (χ1v) is 5.68. The molecule has 0 saturated carbocycles. The second kappa shape index (κ2) is 4.60. The van der Waals surface area contributed by atoms with E-state index in [1.807, 2.05) is 6.92 Å². The first-order chi connectivity index (χ1) is 8.52. The fourth-order valence-corrected chi connectivity index (χ4v) is 1.79. The van der Waals surface area contributed by atoms with E-state index >= 15 is 0 Å². The lowest BCUT2D eigenvalue weighted by Crippen LogP contribution is -2.17. The summed E-state index contributed by atoms with van der Waals surface area (Å²) in [6.45, 7) is 3.49. The molecule has 0 bridgehead atoms. The maximum absolute atomic E-state index is 13.2. The van der Waals surface area contributed by atoms with Crippen LogP contribution in [0.2, 0.25) is 0 Å². The number of rotatable bonds is 2. The molecule has 18 heavy (non-hydrogen) atoms. The van der Waals surface area contributed by atoms with Crippen molar-refractivity contribution in [3.05, 3.63) is 45.5 Å². The molecule has 0 atom stereocenters. The highest BCUT2D eigenvalue weighted by molar-refractivity contribution is 5.58. The lowest BCUT2D eigenvalue weighted by atomic mass is 10.1. The molecule has 94 valence electrons. The molecule has 1 heterocycles. The minimum atomic E-state index is -0.292. The fourth-order valence-electron chi connectivity index (χ4n) is 1.79. The Kier molecular flexibility index (Phi) is 3.14. The standard InChI is InChI=1S/C13H14FN3O/c1-3-9-11(15)16-12(17-13(9)18)8-4-5-10(14)7(2)6-8/h4-6H,3H2,1-2H3,(H3,15,16,17,18). The maximum Gasteiger partial charge on any atom is 0.256 e. The minimum absolute atomic E-state index is 0.221. The van der Waals surface area contributed by atoms with Gasteiger partial charge in [-0.05, 0) is 37.1 Å². The highest BCUT2D eigenvalue weighted by atomic mass is 19.1. The molecule has 5 heteroatoms. The molecule has 0 aliphatic carbocycles. The Morgan fingerprint density at radius 2 is 2.17 bits per heavy atom. The molecule has 0 amide bonds. The number of hydrogen-bond donors (Lipinski definition) is 2. The first kappa shape index (κ1) is 12.3. The smallest absolute Gasteiger partial charge is 0.256 e. The number of nitrogens with one attached hydrogen (secondary N) is 1. The van der Waals surface area contributed by atoms with E-state index in [1.54, 1.807) is 19.1 Å². The topological polar surface area (TPSA) is 71.8 Å². The van der Waals surface area contributed by atoms with E-state index in [0.717, 1.165) is 0 Å². The summed E-state index contributed by atoms with van der Waals surface area (Å²) in [6, 6.07) is 4.53. The number of anilines is 1. The number of aromatic nitrogens is 2. The maximum atomic E-state index is 13.2. The zero-order chi connectivity index (χ0) is 13.3. The Hall–Kier alpha value is -2.17. The lowest BCUT2D eigenvalue weighted by Gasteiger charge is -2.06. The molecular weight excluding hydrogens is 233 g/mol. The molecule has 0 aliphatic rings. The van der Waals surface area contributed by atoms with E-state index in [9.17, 15) is 9.18 Å². The second-order valence-corrected chi connectivity index (χ2v) is 4.10. The van der Waals surface area contributed by atoms with Gasteiger partial charge in [0.15, 0.2) is 0 Å². The van der Waals surface area contributed by atoms with Crippen molar-refractivity contribution >= 4 is 5.82 Å². The van der Waals surface area contributed by atoms with Gasteiger partial charge in [-0.15, -0.1) is 0 Å². The van der Waals surface area contributed by atoms with E-state index in [1.165, 1.54) is 6.07 Å². The number of aromatic amines is 1. The summed E-state index contributed by atoms with van der Waals surface area (Å²) in [5, 5.41) is 0. The molecule has 2 rings (SSSR count). The number of halogens is 1. The van der Waals surface area contributed by atoms with Gasteiger partial charge in [0.1, 0.15) is 17.5 Å². The first-order valence-electron chi connectivity index (χ1n) is 5.68. The average molecular weight is 247 g/mol. The highest BCUT2D eigenvalue weighted by Crippen LogP contribution is 2.18. The van der Waals surface area contributed by atoms with Crippen LogP contribution in [0.25, 0.3) is 11.4 Å². The molecule has 3 N–H and O–H groups in total. The molecule has 0 spiro atoms. The van der Waals surface area contributed by atoms with Crippen molar-refractivity contribution < 1.29 is 4.39 Å². The fraction of sp³-hybridized carbons (Fsp3) is 0.231. The van der Waals surface area contributed by atoms with Gasteiger partial charge in [-0.2, -0.15) is 0 Å². The van der Waals surface area contributed by atoms with Crippen LogP contribution in [-0.4, -0.2) is 9.97 Å². The quantitative estimate of drug-likeness (QED) is 0.852. The van der Waals surface area contributed by atoms with Gasteiger partial charge < -0.3 is 10.7 Å². The number of H-pyrrole nitrogens is 1. The third-order valence-corrected chi connectivity index (χ3v) is 2.83. The van der Waals surface area contributed by atoms with Crippen LogP contribution in [-0.2, 0) is 6.42 Å². The Morgan fingerprint density at radius 1 is 1.44 bits per heavy atom. The molecule has 0 unspecified atom stereocenters. The van der Waals surface area contributed by atoms with Gasteiger partial charge >= 0.3 is 0 Å². The molecular formula is C13H14FN3O. The van der Waals surface area contributed by atoms with E-state index in [-0.39, 0.29) is 17.2 Å². The number of aryl methyl sites for hydroxylation is 1. The second-order valence-electron chi connectivity index (χ2n) is 4.10. The minimum Gasteiger partial charge on any atom is -0.383 e. The van der Waals surface area contributed by atoms with Gasteiger partial charge in [0, 0.05) is 5.56 Å². The van der Waals surface area contributed by atoms with Crippen LogP contribution in [0.1, 0.15) is 18.1 Å². The third-order valence-electron chi connectivity index (χ3n) is 2.83. The molecule has 1 aromatic heterocycles. The van der Waals surface area contributed by atoms with Crippen molar-refractivity contribution in [2.45, 2.75) is 20.3 Å². The molecule has 2 aromatic rings. The SMILES string of the molecule is CCc1c(N)nc(-c2ccc(F)c(C)c2)[nH]c1=O. The van der Waals surface area contributed by atoms with Crippen LogP contribution in [0.4, 0.5) is 10.2 Å². The number of nitrogens with zero attached hydrogens (tertiary/aromatic N) is 1. The van der Waals surface area contributed by atoms with Gasteiger partial charge in [-0.1, -0.05) is 6.92 Å². The summed E-state index contributed by atoms with van der Waals surface area (Å²) in [7, 11) is 0. The number of nitrogen functional groups attached to an aromatic ring is 1. The highest BCUT2D eigenvalue weighted by Gasteiger charge is 2.09. The van der Waals surface area contributed by atoms with Crippen molar-refractivity contribution in [3.63, 3.8) is 0 Å². The van der Waals surface area contributed by atoms with Crippen LogP contribution in [0, 0.1) is 12.7 Å². The largest absolute Gasteiger partial charge is 0.383 e.